The standard InChI is InChI=1S/C27H44O2S2/c1-3-5-7-9-11-12-14-16-22-20-28-26(29-21-22)25-19-23-18-24(30-27(23)31-25)17-15-13-10-8-6-4-2/h18-19,22,26H,3-17,20-21H2,1-2H3. The quantitative estimate of drug-likeness (QED) is 0.230. The van der Waals surface area contributed by atoms with Gasteiger partial charge >= 0.3 is 0 Å². The maximum atomic E-state index is 6.12. The number of thiophene rings is 2. The number of hydrogen-bond acceptors (Lipinski definition) is 4. The maximum absolute atomic E-state index is 6.12. The van der Waals surface area contributed by atoms with Crippen LogP contribution >= 0.6 is 22.7 Å². The highest BCUT2D eigenvalue weighted by molar-refractivity contribution is 7.38. The van der Waals surface area contributed by atoms with Crippen LogP contribution in [0.5, 0.6) is 0 Å². The van der Waals surface area contributed by atoms with Gasteiger partial charge in [0.05, 0.1) is 22.1 Å². The number of aryl methyl sites for hydroxylation is 1. The van der Waals surface area contributed by atoms with E-state index in [1.54, 1.807) is 4.88 Å². The van der Waals surface area contributed by atoms with Crippen molar-refractivity contribution in [2.45, 2.75) is 116 Å². The average Bonchev–Trinajstić information content (AvgIpc) is 3.35. The van der Waals surface area contributed by atoms with Crippen molar-refractivity contribution in [3.63, 3.8) is 0 Å². The predicted molar refractivity (Wildman–Crippen MR) is 138 cm³/mol. The predicted octanol–water partition coefficient (Wildman–Crippen LogP) is 9.67. The summed E-state index contributed by atoms with van der Waals surface area (Å²) in [5, 5.41) is 1.39. The SMILES string of the molecule is CCCCCCCCCC1COC(c2cc3cc(CCCCCCCC)sc3s2)OC1. The van der Waals surface area contributed by atoms with E-state index in [9.17, 15) is 0 Å². The van der Waals surface area contributed by atoms with Crippen molar-refractivity contribution in [2.24, 2.45) is 5.92 Å². The summed E-state index contributed by atoms with van der Waals surface area (Å²) in [6.45, 7) is 6.28. The summed E-state index contributed by atoms with van der Waals surface area (Å²) in [6, 6.07) is 4.71. The lowest BCUT2D eigenvalue weighted by Crippen LogP contribution is -2.26. The van der Waals surface area contributed by atoms with Crippen LogP contribution in [0.15, 0.2) is 12.1 Å². The average molecular weight is 465 g/mol. The molecule has 176 valence electrons. The van der Waals surface area contributed by atoms with Gasteiger partial charge in [-0.15, -0.1) is 22.7 Å². The highest BCUT2D eigenvalue weighted by Gasteiger charge is 2.25. The molecule has 1 fully saturated rings. The summed E-state index contributed by atoms with van der Waals surface area (Å²) in [6.07, 6.45) is 20.2. The van der Waals surface area contributed by atoms with Crippen LogP contribution in [-0.4, -0.2) is 13.2 Å². The highest BCUT2D eigenvalue weighted by Crippen LogP contribution is 2.39. The Kier molecular flexibility index (Phi) is 11.9. The third-order valence-corrected chi connectivity index (χ3v) is 8.95. The molecule has 0 radical (unpaired) electrons. The van der Waals surface area contributed by atoms with Gasteiger partial charge in [-0.25, -0.2) is 0 Å². The van der Waals surface area contributed by atoms with Gasteiger partial charge in [0.25, 0.3) is 0 Å². The van der Waals surface area contributed by atoms with E-state index < -0.39 is 0 Å². The molecule has 2 aromatic rings. The topological polar surface area (TPSA) is 18.5 Å². The maximum Gasteiger partial charge on any atom is 0.193 e. The van der Waals surface area contributed by atoms with E-state index in [0.29, 0.717) is 5.92 Å². The van der Waals surface area contributed by atoms with Crippen LogP contribution in [0, 0.1) is 5.92 Å². The molecule has 3 heterocycles. The first-order chi connectivity index (χ1) is 15.3. The van der Waals surface area contributed by atoms with Crippen LogP contribution in [0.3, 0.4) is 0 Å². The molecule has 0 aromatic carbocycles. The highest BCUT2D eigenvalue weighted by atomic mass is 32.2. The largest absolute Gasteiger partial charge is 0.347 e. The second-order valence-corrected chi connectivity index (χ2v) is 11.9. The number of ether oxygens (including phenoxy) is 2. The van der Waals surface area contributed by atoms with E-state index in [-0.39, 0.29) is 6.29 Å². The van der Waals surface area contributed by atoms with Crippen molar-refractivity contribution in [3.8, 4) is 0 Å². The van der Waals surface area contributed by atoms with Gasteiger partial charge in [0.1, 0.15) is 0 Å². The molecule has 1 aliphatic rings. The molecule has 4 heteroatoms. The van der Waals surface area contributed by atoms with Crippen molar-refractivity contribution < 1.29 is 9.47 Å². The molecule has 1 aliphatic heterocycles. The number of fused-ring (bicyclic) bond motifs is 1. The van der Waals surface area contributed by atoms with Crippen LogP contribution in [0.2, 0.25) is 0 Å². The van der Waals surface area contributed by atoms with Crippen molar-refractivity contribution in [1.82, 2.24) is 0 Å². The van der Waals surface area contributed by atoms with Gasteiger partial charge in [-0.1, -0.05) is 90.9 Å². The zero-order valence-electron chi connectivity index (χ0n) is 20.0. The summed E-state index contributed by atoms with van der Waals surface area (Å²) < 4.78 is 13.7. The minimum Gasteiger partial charge on any atom is -0.347 e. The molecule has 0 atom stereocenters. The lowest BCUT2D eigenvalue weighted by atomic mass is 10.0. The summed E-state index contributed by atoms with van der Waals surface area (Å²) in [5.74, 6) is 0.580. The van der Waals surface area contributed by atoms with Crippen LogP contribution in [0.1, 0.15) is 120 Å². The zero-order chi connectivity index (χ0) is 21.7. The smallest absolute Gasteiger partial charge is 0.193 e. The molecule has 0 unspecified atom stereocenters. The molecule has 3 rings (SSSR count). The zero-order valence-corrected chi connectivity index (χ0v) is 21.6. The fourth-order valence-corrected chi connectivity index (χ4v) is 7.04. The Balaban J connectivity index is 1.32. The van der Waals surface area contributed by atoms with Gasteiger partial charge in [0.15, 0.2) is 6.29 Å². The Morgan fingerprint density at radius 2 is 1.35 bits per heavy atom. The molecule has 2 nitrogen and oxygen atoms in total. The second-order valence-electron chi connectivity index (χ2n) is 9.40. The van der Waals surface area contributed by atoms with Gasteiger partial charge in [0.2, 0.25) is 0 Å². The van der Waals surface area contributed by atoms with E-state index in [1.807, 2.05) is 22.7 Å². The molecule has 0 aliphatic carbocycles. The molecular formula is C27H44O2S2. The summed E-state index contributed by atoms with van der Waals surface area (Å²) in [4.78, 5) is 2.80. The van der Waals surface area contributed by atoms with E-state index >= 15 is 0 Å². The molecule has 0 amide bonds. The minimum atomic E-state index is -0.142. The molecule has 0 bridgehead atoms. The monoisotopic (exact) mass is 464 g/mol. The van der Waals surface area contributed by atoms with Crippen LogP contribution < -0.4 is 0 Å². The van der Waals surface area contributed by atoms with Gasteiger partial charge in [-0.2, -0.15) is 0 Å². The minimum absolute atomic E-state index is 0.142. The molecule has 0 saturated carbocycles. The Bertz CT molecular complexity index is 680. The molecule has 0 spiro atoms. The third-order valence-electron chi connectivity index (χ3n) is 6.48. The summed E-state index contributed by atoms with van der Waals surface area (Å²) in [5.41, 5.74) is 0. The normalized spacial score (nSPS) is 19.4. The third kappa shape index (κ3) is 8.79. The Morgan fingerprint density at radius 3 is 2.00 bits per heavy atom. The van der Waals surface area contributed by atoms with E-state index in [1.165, 1.54) is 111 Å². The first-order valence-corrected chi connectivity index (χ1v) is 14.7. The van der Waals surface area contributed by atoms with Crippen LogP contribution in [-0.2, 0) is 15.9 Å². The van der Waals surface area contributed by atoms with Crippen molar-refractivity contribution >= 4 is 32.1 Å². The Labute approximate surface area is 198 Å². The first-order valence-electron chi connectivity index (χ1n) is 13.1. The van der Waals surface area contributed by atoms with E-state index in [4.69, 9.17) is 9.47 Å². The van der Waals surface area contributed by atoms with Crippen LogP contribution in [0.4, 0.5) is 0 Å². The van der Waals surface area contributed by atoms with Gasteiger partial charge in [0, 0.05) is 16.2 Å². The lowest BCUT2D eigenvalue weighted by Gasteiger charge is -2.28. The first kappa shape index (κ1) is 25.2. The summed E-state index contributed by atoms with van der Waals surface area (Å²) in [7, 11) is 0. The molecule has 31 heavy (non-hydrogen) atoms. The number of unbranched alkanes of at least 4 members (excludes halogenated alkanes) is 11. The number of hydrogen-bond donors (Lipinski definition) is 0. The number of rotatable bonds is 16. The fraction of sp³-hybridized carbons (Fsp3) is 0.778. The van der Waals surface area contributed by atoms with Crippen molar-refractivity contribution in [3.05, 3.63) is 21.9 Å². The van der Waals surface area contributed by atoms with Gasteiger partial charge in [-0.05, 0) is 31.4 Å². The van der Waals surface area contributed by atoms with Gasteiger partial charge in [-0.3, -0.25) is 0 Å². The molecule has 2 aromatic heterocycles. The molecular weight excluding hydrogens is 420 g/mol. The van der Waals surface area contributed by atoms with E-state index in [2.05, 4.69) is 26.0 Å². The second kappa shape index (κ2) is 14.7. The van der Waals surface area contributed by atoms with Gasteiger partial charge < -0.3 is 9.47 Å². The van der Waals surface area contributed by atoms with Crippen molar-refractivity contribution in [1.29, 1.82) is 0 Å². The molecule has 1 saturated heterocycles. The lowest BCUT2D eigenvalue weighted by molar-refractivity contribution is -0.204. The Morgan fingerprint density at radius 1 is 0.742 bits per heavy atom. The Hall–Kier alpha value is -0.420. The van der Waals surface area contributed by atoms with Crippen LogP contribution in [0.25, 0.3) is 9.40 Å². The molecule has 0 N–H and O–H groups in total. The summed E-state index contributed by atoms with van der Waals surface area (Å²) >= 11 is 3.85. The van der Waals surface area contributed by atoms with Crippen molar-refractivity contribution in [2.75, 3.05) is 13.2 Å². The van der Waals surface area contributed by atoms with E-state index in [0.717, 1.165) is 13.2 Å². The fourth-order valence-electron chi connectivity index (χ4n) is 4.49.